The minimum Gasteiger partial charge on any atom is -0.462 e. The van der Waals surface area contributed by atoms with Crippen molar-refractivity contribution in [2.24, 2.45) is 0 Å². The Morgan fingerprint density at radius 2 is 2.07 bits per heavy atom. The maximum absolute atomic E-state index is 11.1. The summed E-state index contributed by atoms with van der Waals surface area (Å²) in [4.78, 5) is 22.0. The number of hydrogen-bond donors (Lipinski definition) is 0. The van der Waals surface area contributed by atoms with Crippen LogP contribution < -0.4 is 0 Å². The van der Waals surface area contributed by atoms with Crippen molar-refractivity contribution in [1.82, 2.24) is 0 Å². The Kier molecular flexibility index (Phi) is 4.63. The highest BCUT2D eigenvalue weighted by Gasteiger charge is 2.25. The number of ketones is 1. The molecule has 1 heterocycles. The molecule has 0 aromatic rings. The summed E-state index contributed by atoms with van der Waals surface area (Å²) in [5.74, 6) is -0.316. The monoisotopic (exact) mass is 198 g/mol. The van der Waals surface area contributed by atoms with Crippen molar-refractivity contribution < 1.29 is 14.3 Å². The second-order valence-corrected chi connectivity index (χ2v) is 3.88. The van der Waals surface area contributed by atoms with E-state index in [2.05, 4.69) is 6.92 Å². The highest BCUT2D eigenvalue weighted by Crippen LogP contribution is 2.17. The van der Waals surface area contributed by atoms with Gasteiger partial charge in [0, 0.05) is 6.42 Å². The van der Waals surface area contributed by atoms with Crippen molar-refractivity contribution in [2.45, 2.75) is 58.0 Å². The summed E-state index contributed by atoms with van der Waals surface area (Å²) in [6, 6.07) is 0. The van der Waals surface area contributed by atoms with Gasteiger partial charge in [0.2, 0.25) is 0 Å². The van der Waals surface area contributed by atoms with E-state index in [4.69, 9.17) is 4.74 Å². The molecule has 0 bridgehead atoms. The van der Waals surface area contributed by atoms with E-state index >= 15 is 0 Å². The van der Waals surface area contributed by atoms with Gasteiger partial charge in [0.1, 0.15) is 18.3 Å². The van der Waals surface area contributed by atoms with Crippen molar-refractivity contribution in [3.05, 3.63) is 0 Å². The van der Waals surface area contributed by atoms with E-state index in [-0.39, 0.29) is 24.3 Å². The molecule has 0 aromatic heterocycles. The smallest absolute Gasteiger partial charge is 0.313 e. The van der Waals surface area contributed by atoms with Crippen molar-refractivity contribution in [3.8, 4) is 0 Å². The lowest BCUT2D eigenvalue weighted by Gasteiger charge is -2.21. The highest BCUT2D eigenvalue weighted by atomic mass is 16.5. The van der Waals surface area contributed by atoms with Gasteiger partial charge < -0.3 is 4.74 Å². The molecular weight excluding hydrogens is 180 g/mol. The largest absolute Gasteiger partial charge is 0.462 e. The van der Waals surface area contributed by atoms with Gasteiger partial charge in [0.25, 0.3) is 0 Å². The zero-order valence-corrected chi connectivity index (χ0v) is 8.75. The Balaban J connectivity index is 2.17. The minimum atomic E-state index is -0.346. The summed E-state index contributed by atoms with van der Waals surface area (Å²) in [5, 5.41) is 0. The van der Waals surface area contributed by atoms with Gasteiger partial charge in [0.15, 0.2) is 0 Å². The van der Waals surface area contributed by atoms with Crippen LogP contribution in [0.3, 0.4) is 0 Å². The molecule has 0 amide bonds. The average Bonchev–Trinajstić information content (AvgIpc) is 2.11. The second-order valence-electron chi connectivity index (χ2n) is 3.88. The lowest BCUT2D eigenvalue weighted by atomic mass is 10.0. The number of ether oxygens (including phenoxy) is 1. The fourth-order valence-electron chi connectivity index (χ4n) is 1.72. The molecule has 14 heavy (non-hydrogen) atoms. The van der Waals surface area contributed by atoms with E-state index in [0.29, 0.717) is 6.42 Å². The van der Waals surface area contributed by atoms with Crippen LogP contribution in [0, 0.1) is 0 Å². The number of esters is 1. The molecule has 0 aromatic carbocycles. The highest BCUT2D eigenvalue weighted by molar-refractivity contribution is 5.97. The Bertz CT molecular complexity index is 195. The van der Waals surface area contributed by atoms with Crippen LogP contribution in [-0.4, -0.2) is 17.9 Å². The maximum atomic E-state index is 11.1. The lowest BCUT2D eigenvalue weighted by Crippen LogP contribution is -2.29. The molecule has 1 unspecified atom stereocenters. The molecule has 80 valence electrons. The van der Waals surface area contributed by atoms with E-state index in [1.54, 1.807) is 0 Å². The van der Waals surface area contributed by atoms with Crippen LogP contribution in [0.25, 0.3) is 0 Å². The van der Waals surface area contributed by atoms with Gasteiger partial charge in [-0.05, 0) is 12.8 Å². The van der Waals surface area contributed by atoms with Gasteiger partial charge >= 0.3 is 5.97 Å². The van der Waals surface area contributed by atoms with Gasteiger partial charge in [-0.2, -0.15) is 0 Å². The molecule has 3 nitrogen and oxygen atoms in total. The second kappa shape index (κ2) is 5.78. The number of unbranched alkanes of at least 4 members (excludes halogenated alkanes) is 3. The number of hydrogen-bond acceptors (Lipinski definition) is 3. The van der Waals surface area contributed by atoms with Crippen LogP contribution in [0.2, 0.25) is 0 Å². The molecule has 1 aliphatic rings. The van der Waals surface area contributed by atoms with E-state index in [9.17, 15) is 9.59 Å². The zero-order chi connectivity index (χ0) is 10.4. The summed E-state index contributed by atoms with van der Waals surface area (Å²) in [6.45, 7) is 2.16. The van der Waals surface area contributed by atoms with E-state index in [1.165, 1.54) is 19.3 Å². The Hall–Kier alpha value is -0.860. The van der Waals surface area contributed by atoms with Crippen molar-refractivity contribution in [3.63, 3.8) is 0 Å². The predicted molar refractivity (Wildman–Crippen MR) is 52.9 cm³/mol. The Morgan fingerprint density at radius 1 is 1.29 bits per heavy atom. The summed E-state index contributed by atoms with van der Waals surface area (Å²) >= 11 is 0. The normalized spacial score (nSPS) is 22.2. The molecule has 1 saturated heterocycles. The van der Waals surface area contributed by atoms with Gasteiger partial charge in [0.05, 0.1) is 0 Å². The van der Waals surface area contributed by atoms with Crippen LogP contribution >= 0.6 is 0 Å². The average molecular weight is 198 g/mol. The number of Topliss-reactive ketones (excluding diaryl/α,β-unsaturated/α-hetero) is 1. The molecule has 1 aliphatic heterocycles. The zero-order valence-electron chi connectivity index (χ0n) is 8.75. The Labute approximate surface area is 84.8 Å². The summed E-state index contributed by atoms with van der Waals surface area (Å²) in [7, 11) is 0. The topological polar surface area (TPSA) is 43.4 Å². The van der Waals surface area contributed by atoms with Crippen molar-refractivity contribution >= 4 is 11.8 Å². The van der Waals surface area contributed by atoms with Crippen LogP contribution in [0.1, 0.15) is 51.9 Å². The Morgan fingerprint density at radius 3 is 2.71 bits per heavy atom. The standard InChI is InChI=1S/C11H18O3/c1-2-3-4-5-6-10-7-9(12)8-11(13)14-10/h10H,2-8H2,1H3. The first-order chi connectivity index (χ1) is 6.72. The van der Waals surface area contributed by atoms with Crippen LogP contribution in [0.5, 0.6) is 0 Å². The number of carbonyl (C=O) groups excluding carboxylic acids is 2. The third kappa shape index (κ3) is 3.90. The third-order valence-corrected chi connectivity index (χ3v) is 2.47. The quantitative estimate of drug-likeness (QED) is 0.386. The fourth-order valence-corrected chi connectivity index (χ4v) is 1.72. The van der Waals surface area contributed by atoms with Gasteiger partial charge in [-0.1, -0.05) is 26.2 Å². The van der Waals surface area contributed by atoms with E-state index in [0.717, 1.165) is 12.8 Å². The molecule has 0 N–H and O–H groups in total. The minimum absolute atomic E-state index is 0.0224. The molecule has 1 fully saturated rings. The first kappa shape index (κ1) is 11.2. The predicted octanol–water partition coefficient (Wildman–Crippen LogP) is 2.23. The summed E-state index contributed by atoms with van der Waals surface area (Å²) in [5.41, 5.74) is 0. The van der Waals surface area contributed by atoms with E-state index in [1.807, 2.05) is 0 Å². The van der Waals surface area contributed by atoms with Crippen molar-refractivity contribution in [2.75, 3.05) is 0 Å². The lowest BCUT2D eigenvalue weighted by molar-refractivity contribution is -0.158. The van der Waals surface area contributed by atoms with Crippen LogP contribution in [0.4, 0.5) is 0 Å². The summed E-state index contributed by atoms with van der Waals surface area (Å²) < 4.78 is 5.08. The number of rotatable bonds is 5. The fraction of sp³-hybridized carbons (Fsp3) is 0.818. The molecule has 0 saturated carbocycles. The molecule has 1 atom stereocenters. The van der Waals surface area contributed by atoms with E-state index < -0.39 is 0 Å². The van der Waals surface area contributed by atoms with Crippen LogP contribution in [0.15, 0.2) is 0 Å². The molecular formula is C11H18O3. The molecule has 0 aliphatic carbocycles. The maximum Gasteiger partial charge on any atom is 0.313 e. The first-order valence-corrected chi connectivity index (χ1v) is 5.43. The molecule has 0 spiro atoms. The molecule has 0 radical (unpaired) electrons. The van der Waals surface area contributed by atoms with Gasteiger partial charge in [-0.15, -0.1) is 0 Å². The SMILES string of the molecule is CCCCCCC1CC(=O)CC(=O)O1. The van der Waals surface area contributed by atoms with Crippen molar-refractivity contribution in [1.29, 1.82) is 0 Å². The van der Waals surface area contributed by atoms with Crippen LogP contribution in [-0.2, 0) is 14.3 Å². The van der Waals surface area contributed by atoms with Gasteiger partial charge in [-0.25, -0.2) is 0 Å². The first-order valence-electron chi connectivity index (χ1n) is 5.43. The van der Waals surface area contributed by atoms with Gasteiger partial charge in [-0.3, -0.25) is 9.59 Å². The molecule has 1 rings (SSSR count). The molecule has 3 heteroatoms. The summed E-state index contributed by atoms with van der Waals surface area (Å²) in [6.07, 6.45) is 5.75. The third-order valence-electron chi connectivity index (χ3n) is 2.47. The number of carbonyl (C=O) groups is 2. The number of cyclic esters (lactones) is 1.